The summed E-state index contributed by atoms with van der Waals surface area (Å²) in [6.45, 7) is 3.42. The zero-order chi connectivity index (χ0) is 19.2. The van der Waals surface area contributed by atoms with Gasteiger partial charge in [0.2, 0.25) is 0 Å². The number of hydrogen-bond donors (Lipinski definition) is 1. The van der Waals surface area contributed by atoms with Gasteiger partial charge < -0.3 is 9.84 Å². The van der Waals surface area contributed by atoms with Crippen molar-refractivity contribution in [2.75, 3.05) is 13.2 Å². The standard InChI is InChI=1S/C21H27BrN2O3/c1-2-18-20(22)21(17-6-4-3-5-7-17)24(23-18)12-15-8-10-16(11-9-15)13-27-14-19(25)26/h3-7,15-16H,2,8-14H2,1H3,(H,25,26)/t15-,16-. The highest BCUT2D eigenvalue weighted by molar-refractivity contribution is 9.10. The number of hydrogen-bond acceptors (Lipinski definition) is 3. The molecular formula is C21H27BrN2O3. The van der Waals surface area contributed by atoms with Crippen LogP contribution in [0.5, 0.6) is 0 Å². The quantitative estimate of drug-likeness (QED) is 0.648. The first-order valence-electron chi connectivity index (χ1n) is 9.68. The summed E-state index contributed by atoms with van der Waals surface area (Å²) in [7, 11) is 0. The minimum atomic E-state index is -0.895. The maximum Gasteiger partial charge on any atom is 0.329 e. The molecule has 5 nitrogen and oxygen atoms in total. The molecule has 1 aliphatic rings. The number of ether oxygens (including phenoxy) is 1. The number of aliphatic carboxylic acids is 1. The molecule has 1 aliphatic carbocycles. The highest BCUT2D eigenvalue weighted by Gasteiger charge is 2.24. The van der Waals surface area contributed by atoms with E-state index in [1.165, 1.54) is 11.3 Å². The van der Waals surface area contributed by atoms with Gasteiger partial charge in [-0.25, -0.2) is 4.79 Å². The van der Waals surface area contributed by atoms with Crippen molar-refractivity contribution in [3.8, 4) is 11.3 Å². The first-order chi connectivity index (χ1) is 13.1. The number of nitrogens with zero attached hydrogens (tertiary/aromatic N) is 2. The van der Waals surface area contributed by atoms with E-state index in [0.29, 0.717) is 18.4 Å². The van der Waals surface area contributed by atoms with Gasteiger partial charge in [0, 0.05) is 12.1 Å². The lowest BCUT2D eigenvalue weighted by Crippen LogP contribution is -2.23. The fourth-order valence-corrected chi connectivity index (χ4v) is 4.65. The zero-order valence-corrected chi connectivity index (χ0v) is 17.3. The van der Waals surface area contributed by atoms with Gasteiger partial charge >= 0.3 is 5.97 Å². The lowest BCUT2D eigenvalue weighted by molar-refractivity contribution is -0.142. The molecular weight excluding hydrogens is 408 g/mol. The fraction of sp³-hybridized carbons (Fsp3) is 0.524. The van der Waals surface area contributed by atoms with E-state index in [2.05, 4.69) is 51.8 Å². The van der Waals surface area contributed by atoms with Crippen LogP contribution in [0.2, 0.25) is 0 Å². The summed E-state index contributed by atoms with van der Waals surface area (Å²) in [5.41, 5.74) is 3.45. The van der Waals surface area contributed by atoms with Gasteiger partial charge in [0.15, 0.2) is 0 Å². The maximum absolute atomic E-state index is 10.6. The highest BCUT2D eigenvalue weighted by Crippen LogP contribution is 2.35. The molecule has 1 aromatic heterocycles. The molecule has 146 valence electrons. The van der Waals surface area contributed by atoms with E-state index in [-0.39, 0.29) is 6.61 Å². The van der Waals surface area contributed by atoms with E-state index < -0.39 is 5.97 Å². The summed E-state index contributed by atoms with van der Waals surface area (Å²) in [4.78, 5) is 10.6. The molecule has 0 amide bonds. The van der Waals surface area contributed by atoms with Gasteiger partial charge in [-0.1, -0.05) is 37.3 Å². The van der Waals surface area contributed by atoms with Crippen LogP contribution >= 0.6 is 15.9 Å². The van der Waals surface area contributed by atoms with Crippen LogP contribution in [-0.2, 0) is 22.5 Å². The van der Waals surface area contributed by atoms with Crippen LogP contribution in [0.1, 0.15) is 38.3 Å². The fourth-order valence-electron chi connectivity index (χ4n) is 3.86. The average Bonchev–Trinajstić information content (AvgIpc) is 2.98. The second-order valence-corrected chi connectivity index (χ2v) is 8.10. The third-order valence-corrected chi connectivity index (χ3v) is 6.15. The summed E-state index contributed by atoms with van der Waals surface area (Å²) in [6, 6.07) is 10.4. The summed E-state index contributed by atoms with van der Waals surface area (Å²) < 4.78 is 8.55. The van der Waals surface area contributed by atoms with Gasteiger partial charge in [0.1, 0.15) is 6.61 Å². The minimum absolute atomic E-state index is 0.193. The van der Waals surface area contributed by atoms with E-state index in [0.717, 1.165) is 48.8 Å². The Kier molecular flexibility index (Phi) is 7.07. The van der Waals surface area contributed by atoms with Gasteiger partial charge in [-0.05, 0) is 59.9 Å². The Labute approximate surface area is 168 Å². The van der Waals surface area contributed by atoms with Crippen molar-refractivity contribution in [3.05, 3.63) is 40.5 Å². The van der Waals surface area contributed by atoms with Crippen LogP contribution in [0.25, 0.3) is 11.3 Å². The summed E-state index contributed by atoms with van der Waals surface area (Å²) in [5.74, 6) is 0.178. The second-order valence-electron chi connectivity index (χ2n) is 7.31. The molecule has 0 unspecified atom stereocenters. The number of carboxylic acid groups (broad SMARTS) is 1. The van der Waals surface area contributed by atoms with Gasteiger partial charge in [0.05, 0.1) is 22.5 Å². The van der Waals surface area contributed by atoms with Gasteiger partial charge in [-0.15, -0.1) is 0 Å². The van der Waals surface area contributed by atoms with Crippen molar-refractivity contribution in [1.82, 2.24) is 9.78 Å². The molecule has 27 heavy (non-hydrogen) atoms. The smallest absolute Gasteiger partial charge is 0.329 e. The van der Waals surface area contributed by atoms with Crippen molar-refractivity contribution in [3.63, 3.8) is 0 Å². The molecule has 0 saturated heterocycles. The van der Waals surface area contributed by atoms with Crippen LogP contribution in [-0.4, -0.2) is 34.1 Å². The van der Waals surface area contributed by atoms with Crippen LogP contribution in [0, 0.1) is 11.8 Å². The monoisotopic (exact) mass is 434 g/mol. The van der Waals surface area contributed by atoms with E-state index in [1.807, 2.05) is 6.07 Å². The molecule has 1 fully saturated rings. The summed E-state index contributed by atoms with van der Waals surface area (Å²) in [6.07, 6.45) is 5.35. The number of carboxylic acids is 1. The number of aromatic nitrogens is 2. The van der Waals surface area contributed by atoms with Crippen molar-refractivity contribution in [2.45, 2.75) is 45.6 Å². The molecule has 6 heteroatoms. The van der Waals surface area contributed by atoms with Crippen LogP contribution in [0.15, 0.2) is 34.8 Å². The first kappa shape index (κ1) is 20.1. The first-order valence-corrected chi connectivity index (χ1v) is 10.5. The van der Waals surface area contributed by atoms with Crippen molar-refractivity contribution in [2.24, 2.45) is 11.8 Å². The zero-order valence-electron chi connectivity index (χ0n) is 15.7. The summed E-state index contributed by atoms with van der Waals surface area (Å²) >= 11 is 3.77. The van der Waals surface area contributed by atoms with E-state index >= 15 is 0 Å². The molecule has 0 bridgehead atoms. The number of aryl methyl sites for hydroxylation is 1. The van der Waals surface area contributed by atoms with E-state index in [9.17, 15) is 4.79 Å². The van der Waals surface area contributed by atoms with Crippen LogP contribution in [0.3, 0.4) is 0 Å². The molecule has 0 spiro atoms. The van der Waals surface area contributed by atoms with Gasteiger partial charge in [-0.3, -0.25) is 4.68 Å². The topological polar surface area (TPSA) is 64.4 Å². The third kappa shape index (κ3) is 5.20. The predicted octanol–water partition coefficient (Wildman–Crippen LogP) is 4.78. The molecule has 0 radical (unpaired) electrons. The Hall–Kier alpha value is -1.66. The van der Waals surface area contributed by atoms with Gasteiger partial charge in [0.25, 0.3) is 0 Å². The molecule has 0 atom stereocenters. The largest absolute Gasteiger partial charge is 0.480 e. The lowest BCUT2D eigenvalue weighted by Gasteiger charge is -2.28. The van der Waals surface area contributed by atoms with Crippen LogP contribution in [0.4, 0.5) is 0 Å². The minimum Gasteiger partial charge on any atom is -0.480 e. The lowest BCUT2D eigenvalue weighted by atomic mass is 9.82. The highest BCUT2D eigenvalue weighted by atomic mass is 79.9. The number of rotatable bonds is 8. The Morgan fingerprint density at radius 3 is 2.52 bits per heavy atom. The Bertz CT molecular complexity index is 752. The normalized spacial score (nSPS) is 19.9. The molecule has 0 aliphatic heterocycles. The molecule has 2 aromatic rings. The summed E-state index contributed by atoms with van der Waals surface area (Å²) in [5, 5.41) is 13.5. The maximum atomic E-state index is 10.6. The Balaban J connectivity index is 1.64. The van der Waals surface area contributed by atoms with E-state index in [1.54, 1.807) is 0 Å². The number of halogens is 1. The van der Waals surface area contributed by atoms with Crippen molar-refractivity contribution in [1.29, 1.82) is 0 Å². The van der Waals surface area contributed by atoms with E-state index in [4.69, 9.17) is 14.9 Å². The molecule has 1 aromatic carbocycles. The number of carbonyl (C=O) groups is 1. The SMILES string of the molecule is CCc1nn(C[C@H]2CC[C@H](COCC(=O)O)CC2)c(-c2ccccc2)c1Br. The van der Waals surface area contributed by atoms with Crippen LogP contribution < -0.4 is 0 Å². The predicted molar refractivity (Wildman–Crippen MR) is 109 cm³/mol. The van der Waals surface area contributed by atoms with Crippen molar-refractivity contribution >= 4 is 21.9 Å². The van der Waals surface area contributed by atoms with Crippen molar-refractivity contribution < 1.29 is 14.6 Å². The van der Waals surface area contributed by atoms with Gasteiger partial charge in [-0.2, -0.15) is 5.10 Å². The Morgan fingerprint density at radius 2 is 1.89 bits per heavy atom. The average molecular weight is 435 g/mol. The number of benzene rings is 1. The second kappa shape index (κ2) is 9.51. The molecule has 1 N–H and O–H groups in total. The third-order valence-electron chi connectivity index (χ3n) is 5.32. The Morgan fingerprint density at radius 1 is 1.22 bits per heavy atom. The molecule has 3 rings (SSSR count). The molecule has 1 heterocycles. The molecule has 1 saturated carbocycles.